The van der Waals surface area contributed by atoms with Crippen molar-refractivity contribution in [3.63, 3.8) is 0 Å². The summed E-state index contributed by atoms with van der Waals surface area (Å²) >= 11 is 5.71. The third-order valence-electron chi connectivity index (χ3n) is 2.83. The zero-order chi connectivity index (χ0) is 17.9. The van der Waals surface area contributed by atoms with Gasteiger partial charge in [0.25, 0.3) is 5.91 Å². The van der Waals surface area contributed by atoms with Gasteiger partial charge < -0.3 is 0 Å². The SMILES string of the molecule is NS(=O)(=O)c1cc(C(=O)N/N=C\c2ccc(F)cc2F)ccc1Cl. The van der Waals surface area contributed by atoms with Crippen molar-refractivity contribution in [2.24, 2.45) is 10.2 Å². The Morgan fingerprint density at radius 2 is 1.92 bits per heavy atom. The van der Waals surface area contributed by atoms with E-state index in [0.29, 0.717) is 6.07 Å². The molecule has 0 atom stereocenters. The first-order valence-corrected chi connectivity index (χ1v) is 8.22. The summed E-state index contributed by atoms with van der Waals surface area (Å²) in [7, 11) is -4.10. The Bertz CT molecular complexity index is 933. The molecule has 0 aliphatic carbocycles. The van der Waals surface area contributed by atoms with Crippen LogP contribution in [0, 0.1) is 11.6 Å². The molecule has 0 saturated carbocycles. The fourth-order valence-corrected chi connectivity index (χ4v) is 2.77. The molecule has 0 unspecified atom stereocenters. The standard InChI is InChI=1S/C14H10ClF2N3O3S/c15-11-4-2-8(5-13(11)24(18,22)23)14(21)20-19-7-9-1-3-10(16)6-12(9)17/h1-7H,(H,20,21)(H2,18,22,23)/b19-7-. The third-order valence-corrected chi connectivity index (χ3v) is 4.22. The van der Waals surface area contributed by atoms with E-state index in [2.05, 4.69) is 10.5 Å². The van der Waals surface area contributed by atoms with Gasteiger partial charge in [0, 0.05) is 17.2 Å². The van der Waals surface area contributed by atoms with Crippen LogP contribution in [0.1, 0.15) is 15.9 Å². The number of rotatable bonds is 4. The first kappa shape index (κ1) is 18.0. The number of hydrogen-bond donors (Lipinski definition) is 2. The number of benzene rings is 2. The highest BCUT2D eigenvalue weighted by molar-refractivity contribution is 7.89. The molecule has 1 amide bonds. The second-order valence-corrected chi connectivity index (χ2v) is 6.49. The molecular formula is C14H10ClF2N3O3S. The average Bonchev–Trinajstić information content (AvgIpc) is 2.48. The summed E-state index contributed by atoms with van der Waals surface area (Å²) in [6.07, 6.45) is 0.975. The number of carbonyl (C=O) groups excluding carboxylic acids is 1. The van der Waals surface area contributed by atoms with Gasteiger partial charge in [0.15, 0.2) is 0 Å². The first-order valence-electron chi connectivity index (χ1n) is 6.29. The summed E-state index contributed by atoms with van der Waals surface area (Å²) in [5, 5.41) is 8.37. The van der Waals surface area contributed by atoms with Crippen LogP contribution in [0.25, 0.3) is 0 Å². The quantitative estimate of drug-likeness (QED) is 0.633. The van der Waals surface area contributed by atoms with Crippen molar-refractivity contribution in [3.05, 3.63) is 64.2 Å². The minimum absolute atomic E-state index is 0.0435. The largest absolute Gasteiger partial charge is 0.271 e. The number of nitrogens with zero attached hydrogens (tertiary/aromatic N) is 1. The number of hydrogen-bond acceptors (Lipinski definition) is 4. The fraction of sp³-hybridized carbons (Fsp3) is 0. The summed E-state index contributed by atoms with van der Waals surface area (Å²) in [6, 6.07) is 6.28. The Morgan fingerprint density at radius 1 is 1.21 bits per heavy atom. The Labute approximate surface area is 141 Å². The smallest absolute Gasteiger partial charge is 0.267 e. The molecule has 2 aromatic rings. The molecule has 0 fully saturated rings. The maximum absolute atomic E-state index is 13.4. The van der Waals surface area contributed by atoms with Gasteiger partial charge in [-0.3, -0.25) is 4.79 Å². The van der Waals surface area contributed by atoms with Gasteiger partial charge in [0.05, 0.1) is 11.2 Å². The van der Waals surface area contributed by atoms with Gasteiger partial charge in [-0.15, -0.1) is 0 Å². The number of nitrogens with one attached hydrogen (secondary N) is 1. The number of halogens is 3. The molecular weight excluding hydrogens is 364 g/mol. The van der Waals surface area contributed by atoms with Gasteiger partial charge >= 0.3 is 0 Å². The minimum atomic E-state index is -4.10. The number of primary sulfonamides is 1. The number of carbonyl (C=O) groups is 1. The predicted molar refractivity (Wildman–Crippen MR) is 84.2 cm³/mol. The van der Waals surface area contributed by atoms with E-state index in [0.717, 1.165) is 24.4 Å². The molecule has 0 spiro atoms. The topological polar surface area (TPSA) is 102 Å². The average molecular weight is 374 g/mol. The van der Waals surface area contributed by atoms with E-state index in [9.17, 15) is 22.0 Å². The molecule has 0 saturated heterocycles. The second kappa shape index (κ2) is 7.04. The number of sulfonamides is 1. The highest BCUT2D eigenvalue weighted by atomic mass is 35.5. The lowest BCUT2D eigenvalue weighted by Crippen LogP contribution is -2.19. The van der Waals surface area contributed by atoms with E-state index in [1.54, 1.807) is 0 Å². The van der Waals surface area contributed by atoms with E-state index in [-0.39, 0.29) is 16.1 Å². The maximum Gasteiger partial charge on any atom is 0.271 e. The van der Waals surface area contributed by atoms with E-state index in [1.807, 2.05) is 0 Å². The van der Waals surface area contributed by atoms with Crippen LogP contribution in [0.2, 0.25) is 5.02 Å². The van der Waals surface area contributed by atoms with Gasteiger partial charge in [0.2, 0.25) is 10.0 Å². The molecule has 6 nitrogen and oxygen atoms in total. The summed E-state index contributed by atoms with van der Waals surface area (Å²) in [6.45, 7) is 0. The molecule has 0 radical (unpaired) electrons. The zero-order valence-corrected chi connectivity index (χ0v) is 13.4. The lowest BCUT2D eigenvalue weighted by molar-refractivity contribution is 0.0955. The second-order valence-electron chi connectivity index (χ2n) is 4.56. The number of hydrazone groups is 1. The van der Waals surface area contributed by atoms with Crippen LogP contribution in [0.15, 0.2) is 46.4 Å². The van der Waals surface area contributed by atoms with E-state index < -0.39 is 32.5 Å². The van der Waals surface area contributed by atoms with Crippen molar-refractivity contribution >= 4 is 33.7 Å². The number of nitrogens with two attached hydrogens (primary N) is 1. The lowest BCUT2D eigenvalue weighted by Gasteiger charge is -2.05. The van der Waals surface area contributed by atoms with Gasteiger partial charge in [-0.05, 0) is 30.3 Å². The number of amides is 1. The predicted octanol–water partition coefficient (Wildman–Crippen LogP) is 2.03. The van der Waals surface area contributed by atoms with Gasteiger partial charge in [0.1, 0.15) is 16.5 Å². The maximum atomic E-state index is 13.4. The van der Waals surface area contributed by atoms with Crippen LogP contribution in [-0.2, 0) is 10.0 Å². The molecule has 3 N–H and O–H groups in total. The molecule has 0 aliphatic rings. The zero-order valence-electron chi connectivity index (χ0n) is 11.8. The molecule has 0 aromatic heterocycles. The summed E-state index contributed by atoms with van der Waals surface area (Å²) < 4.78 is 48.9. The Balaban J connectivity index is 2.17. The normalized spacial score (nSPS) is 11.7. The van der Waals surface area contributed by atoms with E-state index in [4.69, 9.17) is 16.7 Å². The minimum Gasteiger partial charge on any atom is -0.267 e. The van der Waals surface area contributed by atoms with Gasteiger partial charge in [-0.2, -0.15) is 5.10 Å². The van der Waals surface area contributed by atoms with Crippen molar-refractivity contribution < 1.29 is 22.0 Å². The van der Waals surface area contributed by atoms with Crippen LogP contribution < -0.4 is 10.6 Å². The summed E-state index contributed by atoms with van der Waals surface area (Å²) in [5.74, 6) is -2.36. The van der Waals surface area contributed by atoms with Crippen molar-refractivity contribution in [1.29, 1.82) is 0 Å². The molecule has 0 bridgehead atoms. The first-order chi connectivity index (χ1) is 11.2. The van der Waals surface area contributed by atoms with Crippen molar-refractivity contribution in [1.82, 2.24) is 5.43 Å². The molecule has 0 heterocycles. The van der Waals surface area contributed by atoms with Crippen LogP contribution >= 0.6 is 11.6 Å². The monoisotopic (exact) mass is 373 g/mol. The Kier molecular flexibility index (Phi) is 5.27. The summed E-state index contributed by atoms with van der Waals surface area (Å²) in [5.41, 5.74) is 1.97. The Morgan fingerprint density at radius 3 is 2.54 bits per heavy atom. The van der Waals surface area contributed by atoms with Crippen LogP contribution in [-0.4, -0.2) is 20.5 Å². The van der Waals surface area contributed by atoms with Crippen molar-refractivity contribution in [2.75, 3.05) is 0 Å². The molecule has 2 aromatic carbocycles. The van der Waals surface area contributed by atoms with Crippen molar-refractivity contribution in [3.8, 4) is 0 Å². The van der Waals surface area contributed by atoms with Gasteiger partial charge in [-0.25, -0.2) is 27.8 Å². The molecule has 24 heavy (non-hydrogen) atoms. The molecule has 2 rings (SSSR count). The van der Waals surface area contributed by atoms with E-state index >= 15 is 0 Å². The highest BCUT2D eigenvalue weighted by Crippen LogP contribution is 2.21. The molecule has 10 heteroatoms. The Hall–Kier alpha value is -2.36. The van der Waals surface area contributed by atoms with Gasteiger partial charge in [-0.1, -0.05) is 11.6 Å². The van der Waals surface area contributed by atoms with Crippen LogP contribution in [0.4, 0.5) is 8.78 Å². The van der Waals surface area contributed by atoms with Crippen LogP contribution in [0.5, 0.6) is 0 Å². The molecule has 126 valence electrons. The third kappa shape index (κ3) is 4.34. The molecule has 0 aliphatic heterocycles. The fourth-order valence-electron chi connectivity index (χ4n) is 1.69. The lowest BCUT2D eigenvalue weighted by atomic mass is 10.2. The highest BCUT2D eigenvalue weighted by Gasteiger charge is 2.16. The summed E-state index contributed by atoms with van der Waals surface area (Å²) in [4.78, 5) is 11.5. The van der Waals surface area contributed by atoms with Crippen LogP contribution in [0.3, 0.4) is 0 Å². The van der Waals surface area contributed by atoms with Crippen molar-refractivity contribution in [2.45, 2.75) is 4.90 Å². The van der Waals surface area contributed by atoms with E-state index in [1.165, 1.54) is 12.1 Å².